The van der Waals surface area contributed by atoms with Crippen LogP contribution >= 0.6 is 0 Å². The van der Waals surface area contributed by atoms with Crippen molar-refractivity contribution in [2.45, 2.75) is 55.9 Å². The van der Waals surface area contributed by atoms with Gasteiger partial charge in [-0.1, -0.05) is 19.1 Å². The van der Waals surface area contributed by atoms with Gasteiger partial charge in [-0.2, -0.15) is 4.31 Å². The maximum Gasteiger partial charge on any atom is 0.573 e. The van der Waals surface area contributed by atoms with Gasteiger partial charge >= 0.3 is 6.36 Å². The Hall–Kier alpha value is -2.00. The summed E-state index contributed by atoms with van der Waals surface area (Å²) in [6, 6.07) is 8.15. The molecule has 2 saturated carbocycles. The minimum atomic E-state index is -4.98. The molecule has 2 aromatic rings. The molecular formula is C19H20F3NO4S. The summed E-state index contributed by atoms with van der Waals surface area (Å²) in [6.45, 7) is 2.10. The Morgan fingerprint density at radius 2 is 1.86 bits per heavy atom. The molecule has 0 spiro atoms. The average Bonchev–Trinajstić information content (AvgIpc) is 3.52. The molecule has 28 heavy (non-hydrogen) atoms. The second kappa shape index (κ2) is 6.81. The van der Waals surface area contributed by atoms with Gasteiger partial charge in [-0.15, -0.1) is 13.2 Å². The second-order valence-corrected chi connectivity index (χ2v) is 9.26. The lowest BCUT2D eigenvalue weighted by Gasteiger charge is -2.22. The lowest BCUT2D eigenvalue weighted by Crippen LogP contribution is -2.33. The lowest BCUT2D eigenvalue weighted by atomic mass is 10.3. The van der Waals surface area contributed by atoms with E-state index in [9.17, 15) is 21.6 Å². The number of alkyl halides is 3. The van der Waals surface area contributed by atoms with Crippen LogP contribution in [0.2, 0.25) is 0 Å². The summed E-state index contributed by atoms with van der Waals surface area (Å²) in [4.78, 5) is -0.498. The average molecular weight is 415 g/mol. The van der Waals surface area contributed by atoms with Gasteiger partial charge in [0.05, 0.1) is 6.54 Å². The normalized spacial score (nSPS) is 22.5. The van der Waals surface area contributed by atoms with Crippen molar-refractivity contribution in [3.05, 3.63) is 47.9 Å². The second-order valence-electron chi connectivity index (χ2n) is 7.40. The van der Waals surface area contributed by atoms with Crippen LogP contribution in [0.4, 0.5) is 13.2 Å². The quantitative estimate of drug-likeness (QED) is 0.660. The smallest absolute Gasteiger partial charge is 0.464 e. The zero-order valence-corrected chi connectivity index (χ0v) is 16.0. The van der Waals surface area contributed by atoms with Crippen LogP contribution in [0, 0.1) is 5.92 Å². The van der Waals surface area contributed by atoms with Gasteiger partial charge in [0, 0.05) is 12.0 Å². The fourth-order valence-corrected chi connectivity index (χ4v) is 5.09. The molecule has 0 saturated heterocycles. The van der Waals surface area contributed by atoms with Gasteiger partial charge in [0.25, 0.3) is 0 Å². The largest absolute Gasteiger partial charge is 0.573 e. The summed E-state index contributed by atoms with van der Waals surface area (Å²) >= 11 is 0. The molecule has 152 valence electrons. The third-order valence-corrected chi connectivity index (χ3v) is 7.02. The molecule has 2 unspecified atom stereocenters. The summed E-state index contributed by atoms with van der Waals surface area (Å²) < 4.78 is 75.4. The number of furan rings is 1. The van der Waals surface area contributed by atoms with Crippen LogP contribution in [0.1, 0.15) is 43.6 Å². The zero-order valence-electron chi connectivity index (χ0n) is 15.1. The Kier molecular flexibility index (Phi) is 4.70. The van der Waals surface area contributed by atoms with Gasteiger partial charge in [0.1, 0.15) is 22.2 Å². The lowest BCUT2D eigenvalue weighted by molar-refractivity contribution is -0.275. The summed E-state index contributed by atoms with van der Waals surface area (Å²) in [7, 11) is -4.20. The standard InChI is InChI=1S/C19H20F3NO4S/c1-12-10-15(12)16-9-8-14(26-16)11-23(13-6-7-13)28(24,25)18-5-3-2-4-17(18)27-19(20,21)22/h2-5,8-9,12-13,15H,6-7,10-11H2,1H3. The highest BCUT2D eigenvalue weighted by Crippen LogP contribution is 2.47. The molecule has 0 radical (unpaired) electrons. The number of rotatable bonds is 7. The zero-order chi connectivity index (χ0) is 20.1. The Balaban J connectivity index is 1.62. The van der Waals surface area contributed by atoms with E-state index in [1.807, 2.05) is 6.07 Å². The van der Waals surface area contributed by atoms with Gasteiger partial charge in [0.2, 0.25) is 10.0 Å². The third kappa shape index (κ3) is 4.05. The topological polar surface area (TPSA) is 59.8 Å². The molecule has 2 atom stereocenters. The summed E-state index contributed by atoms with van der Waals surface area (Å²) in [5.41, 5.74) is 0. The molecule has 1 aromatic carbocycles. The van der Waals surface area contributed by atoms with E-state index < -0.39 is 27.0 Å². The molecule has 1 aromatic heterocycles. The predicted octanol–water partition coefficient (Wildman–Crippen LogP) is 4.65. The van der Waals surface area contributed by atoms with Crippen LogP contribution in [0.15, 0.2) is 45.7 Å². The Morgan fingerprint density at radius 3 is 2.46 bits per heavy atom. The maximum absolute atomic E-state index is 13.2. The first kappa shape index (κ1) is 19.3. The van der Waals surface area contributed by atoms with Crippen LogP contribution < -0.4 is 4.74 Å². The van der Waals surface area contributed by atoms with Crippen LogP contribution in [0.5, 0.6) is 5.75 Å². The molecule has 9 heteroatoms. The van der Waals surface area contributed by atoms with Gasteiger partial charge in [-0.3, -0.25) is 0 Å². The van der Waals surface area contributed by atoms with Crippen molar-refractivity contribution in [1.82, 2.24) is 4.31 Å². The van der Waals surface area contributed by atoms with E-state index >= 15 is 0 Å². The summed E-state index contributed by atoms with van der Waals surface area (Å²) in [6.07, 6.45) is -2.61. The highest BCUT2D eigenvalue weighted by atomic mass is 32.2. The van der Waals surface area contributed by atoms with Crippen LogP contribution in [0.25, 0.3) is 0 Å². The first-order valence-corrected chi connectivity index (χ1v) is 10.5. The van der Waals surface area contributed by atoms with E-state index in [0.29, 0.717) is 30.4 Å². The highest BCUT2D eigenvalue weighted by molar-refractivity contribution is 7.89. The first-order valence-electron chi connectivity index (χ1n) is 9.10. The predicted molar refractivity (Wildman–Crippen MR) is 94.1 cm³/mol. The molecule has 0 amide bonds. The Morgan fingerprint density at radius 1 is 1.18 bits per heavy atom. The number of sulfonamides is 1. The van der Waals surface area contributed by atoms with Gasteiger partial charge in [-0.25, -0.2) is 8.42 Å². The molecule has 2 fully saturated rings. The minimum Gasteiger partial charge on any atom is -0.464 e. The number of benzene rings is 1. The van der Waals surface area contributed by atoms with Crippen molar-refractivity contribution in [3.63, 3.8) is 0 Å². The number of hydrogen-bond donors (Lipinski definition) is 0. The molecular weight excluding hydrogens is 395 g/mol. The van der Waals surface area contributed by atoms with Gasteiger partial charge in [-0.05, 0) is 49.4 Å². The van der Waals surface area contributed by atoms with E-state index in [1.54, 1.807) is 6.07 Å². The number of nitrogens with zero attached hydrogens (tertiary/aromatic N) is 1. The van der Waals surface area contributed by atoms with E-state index in [-0.39, 0.29) is 12.6 Å². The van der Waals surface area contributed by atoms with Crippen LogP contribution in [-0.4, -0.2) is 25.1 Å². The fraction of sp³-hybridized carbons (Fsp3) is 0.474. The molecule has 4 rings (SSSR count). The van der Waals surface area contributed by atoms with Crippen molar-refractivity contribution in [1.29, 1.82) is 0 Å². The van der Waals surface area contributed by atoms with Gasteiger partial charge in [0.15, 0.2) is 0 Å². The number of halogens is 3. The van der Waals surface area contributed by atoms with E-state index in [0.717, 1.165) is 24.3 Å². The molecule has 2 aliphatic carbocycles. The van der Waals surface area contributed by atoms with E-state index in [1.165, 1.54) is 16.4 Å². The Bertz CT molecular complexity index is 966. The van der Waals surface area contributed by atoms with E-state index in [2.05, 4.69) is 11.7 Å². The van der Waals surface area contributed by atoms with E-state index in [4.69, 9.17) is 4.42 Å². The fourth-order valence-electron chi connectivity index (χ4n) is 3.32. The Labute approximate surface area is 161 Å². The molecule has 2 aliphatic rings. The van der Waals surface area contributed by atoms with Crippen LogP contribution in [-0.2, 0) is 16.6 Å². The monoisotopic (exact) mass is 415 g/mol. The molecule has 0 aliphatic heterocycles. The van der Waals surface area contributed by atoms with Crippen molar-refractivity contribution in [3.8, 4) is 5.75 Å². The number of ether oxygens (including phenoxy) is 1. The van der Waals surface area contributed by atoms with Crippen molar-refractivity contribution in [2.75, 3.05) is 0 Å². The van der Waals surface area contributed by atoms with Crippen molar-refractivity contribution in [2.24, 2.45) is 5.92 Å². The SMILES string of the molecule is CC1CC1c1ccc(CN(C2CC2)S(=O)(=O)c2ccccc2OC(F)(F)F)o1. The van der Waals surface area contributed by atoms with Gasteiger partial charge < -0.3 is 9.15 Å². The minimum absolute atomic E-state index is 0.0194. The number of hydrogen-bond acceptors (Lipinski definition) is 4. The van der Waals surface area contributed by atoms with Crippen molar-refractivity contribution >= 4 is 10.0 Å². The van der Waals surface area contributed by atoms with Crippen LogP contribution in [0.3, 0.4) is 0 Å². The van der Waals surface area contributed by atoms with Crippen molar-refractivity contribution < 1.29 is 30.7 Å². The molecule has 1 heterocycles. The molecule has 5 nitrogen and oxygen atoms in total. The summed E-state index contributed by atoms with van der Waals surface area (Å²) in [5, 5.41) is 0. The highest BCUT2D eigenvalue weighted by Gasteiger charge is 2.42. The number of para-hydroxylation sites is 1. The molecule has 0 bridgehead atoms. The molecule has 0 N–H and O–H groups in total. The maximum atomic E-state index is 13.2. The first-order chi connectivity index (χ1) is 13.1. The summed E-state index contributed by atoms with van der Waals surface area (Å²) in [5.74, 6) is 1.50. The third-order valence-electron chi connectivity index (χ3n) is 5.08.